The monoisotopic (exact) mass is 324 g/mol. The molecule has 1 aromatic carbocycles. The second-order valence-electron chi connectivity index (χ2n) is 5.26. The standard InChI is InChI=1S/C16H21F5O/c17-15(18,16(19,20)21)11-7-2-1-3-8-12-22-13-14-9-5-4-6-10-14/h4-6,9-10H,1-3,7-8,11-13H2. The van der Waals surface area contributed by atoms with E-state index in [0.29, 0.717) is 26.1 Å². The van der Waals surface area contributed by atoms with Crippen molar-refractivity contribution in [1.82, 2.24) is 0 Å². The van der Waals surface area contributed by atoms with Crippen molar-refractivity contribution in [3.8, 4) is 0 Å². The Hall–Kier alpha value is -1.17. The van der Waals surface area contributed by atoms with Crippen LogP contribution in [0.1, 0.15) is 44.1 Å². The Morgan fingerprint density at radius 2 is 1.36 bits per heavy atom. The van der Waals surface area contributed by atoms with Gasteiger partial charge in [0.25, 0.3) is 0 Å². The van der Waals surface area contributed by atoms with Gasteiger partial charge in [-0.3, -0.25) is 0 Å². The first-order valence-corrected chi connectivity index (χ1v) is 7.39. The van der Waals surface area contributed by atoms with Crippen molar-refractivity contribution in [2.45, 2.75) is 57.2 Å². The molecule has 0 fully saturated rings. The zero-order chi connectivity index (χ0) is 16.5. The van der Waals surface area contributed by atoms with Gasteiger partial charge in [0.1, 0.15) is 0 Å². The van der Waals surface area contributed by atoms with Gasteiger partial charge < -0.3 is 4.74 Å². The first kappa shape index (κ1) is 18.9. The minimum absolute atomic E-state index is 0.114. The Kier molecular flexibility index (Phi) is 7.79. The molecule has 0 amide bonds. The summed E-state index contributed by atoms with van der Waals surface area (Å²) in [4.78, 5) is 0. The van der Waals surface area contributed by atoms with Crippen LogP contribution in [-0.2, 0) is 11.3 Å². The molecular formula is C16H21F5O. The lowest BCUT2D eigenvalue weighted by molar-refractivity contribution is -0.284. The van der Waals surface area contributed by atoms with Gasteiger partial charge in [0.15, 0.2) is 0 Å². The molecule has 0 radical (unpaired) electrons. The Morgan fingerprint density at radius 1 is 0.773 bits per heavy atom. The van der Waals surface area contributed by atoms with Crippen LogP contribution in [0.2, 0.25) is 0 Å². The maximum atomic E-state index is 12.6. The van der Waals surface area contributed by atoms with Crippen LogP contribution in [0.5, 0.6) is 0 Å². The summed E-state index contributed by atoms with van der Waals surface area (Å²) in [6.45, 7) is 1.09. The third kappa shape index (κ3) is 7.20. The SMILES string of the molecule is FC(F)(F)C(F)(F)CCCCCCCOCc1ccccc1. The van der Waals surface area contributed by atoms with Gasteiger partial charge >= 0.3 is 12.1 Å². The molecule has 6 heteroatoms. The molecule has 0 spiro atoms. The molecule has 1 rings (SSSR count). The average Bonchev–Trinajstić information content (AvgIpc) is 2.45. The van der Waals surface area contributed by atoms with Gasteiger partial charge in [0.2, 0.25) is 0 Å². The molecular weight excluding hydrogens is 303 g/mol. The first-order valence-electron chi connectivity index (χ1n) is 7.39. The molecule has 22 heavy (non-hydrogen) atoms. The molecule has 0 heterocycles. The highest BCUT2D eigenvalue weighted by Crippen LogP contribution is 2.39. The van der Waals surface area contributed by atoms with Gasteiger partial charge in [0, 0.05) is 13.0 Å². The van der Waals surface area contributed by atoms with Crippen LogP contribution in [0, 0.1) is 0 Å². The van der Waals surface area contributed by atoms with E-state index in [1.165, 1.54) is 0 Å². The van der Waals surface area contributed by atoms with Crippen molar-refractivity contribution in [3.63, 3.8) is 0 Å². The fraction of sp³-hybridized carbons (Fsp3) is 0.625. The van der Waals surface area contributed by atoms with Crippen LogP contribution in [0.3, 0.4) is 0 Å². The van der Waals surface area contributed by atoms with Gasteiger partial charge in [0.05, 0.1) is 6.61 Å². The molecule has 1 nitrogen and oxygen atoms in total. The van der Waals surface area contributed by atoms with E-state index in [9.17, 15) is 22.0 Å². The summed E-state index contributed by atoms with van der Waals surface area (Å²) in [5.74, 6) is -4.56. The fourth-order valence-corrected chi connectivity index (χ4v) is 1.99. The smallest absolute Gasteiger partial charge is 0.377 e. The highest BCUT2D eigenvalue weighted by molar-refractivity contribution is 5.13. The maximum Gasteiger partial charge on any atom is 0.453 e. The first-order chi connectivity index (χ1) is 10.3. The minimum Gasteiger partial charge on any atom is -0.377 e. The predicted octanol–water partition coefficient (Wildman–Crippen LogP) is 5.74. The van der Waals surface area contributed by atoms with Crippen molar-refractivity contribution in [1.29, 1.82) is 0 Å². The molecule has 0 bridgehead atoms. The van der Waals surface area contributed by atoms with E-state index in [1.54, 1.807) is 0 Å². The molecule has 0 saturated carbocycles. The number of unbranched alkanes of at least 4 members (excludes halogenated alkanes) is 4. The number of hydrogen-bond acceptors (Lipinski definition) is 1. The molecule has 0 aliphatic carbocycles. The van der Waals surface area contributed by atoms with Crippen LogP contribution >= 0.6 is 0 Å². The van der Waals surface area contributed by atoms with Gasteiger partial charge in [-0.05, 0) is 18.4 Å². The lowest BCUT2D eigenvalue weighted by Crippen LogP contribution is -2.36. The third-order valence-corrected chi connectivity index (χ3v) is 3.31. The number of halogens is 5. The van der Waals surface area contributed by atoms with Crippen molar-refractivity contribution in [2.24, 2.45) is 0 Å². The topological polar surface area (TPSA) is 9.23 Å². The summed E-state index contributed by atoms with van der Waals surface area (Å²) in [7, 11) is 0. The third-order valence-electron chi connectivity index (χ3n) is 3.31. The molecule has 0 unspecified atom stereocenters. The largest absolute Gasteiger partial charge is 0.453 e. The Bertz CT molecular complexity index is 403. The second kappa shape index (κ2) is 9.08. The fourth-order valence-electron chi connectivity index (χ4n) is 1.99. The summed E-state index contributed by atoms with van der Waals surface area (Å²) in [5, 5.41) is 0. The van der Waals surface area contributed by atoms with Gasteiger partial charge in [-0.2, -0.15) is 22.0 Å². The quantitative estimate of drug-likeness (QED) is 0.394. The van der Waals surface area contributed by atoms with Crippen molar-refractivity contribution < 1.29 is 26.7 Å². The van der Waals surface area contributed by atoms with E-state index in [4.69, 9.17) is 4.74 Å². The maximum absolute atomic E-state index is 12.6. The van der Waals surface area contributed by atoms with Gasteiger partial charge in [-0.25, -0.2) is 0 Å². The Balaban J connectivity index is 1.96. The molecule has 0 atom stereocenters. The van der Waals surface area contributed by atoms with E-state index in [-0.39, 0.29) is 6.42 Å². The van der Waals surface area contributed by atoms with E-state index >= 15 is 0 Å². The van der Waals surface area contributed by atoms with E-state index in [2.05, 4.69) is 0 Å². The zero-order valence-electron chi connectivity index (χ0n) is 12.3. The average molecular weight is 324 g/mol. The van der Waals surface area contributed by atoms with E-state index in [1.807, 2.05) is 30.3 Å². The summed E-state index contributed by atoms with van der Waals surface area (Å²) in [6, 6.07) is 9.69. The summed E-state index contributed by atoms with van der Waals surface area (Å²) >= 11 is 0. The van der Waals surface area contributed by atoms with E-state index in [0.717, 1.165) is 18.4 Å². The highest BCUT2D eigenvalue weighted by atomic mass is 19.4. The van der Waals surface area contributed by atoms with Crippen LogP contribution in [0.15, 0.2) is 30.3 Å². The highest BCUT2D eigenvalue weighted by Gasteiger charge is 2.56. The van der Waals surface area contributed by atoms with Crippen molar-refractivity contribution >= 4 is 0 Å². The number of ether oxygens (including phenoxy) is 1. The molecule has 126 valence electrons. The molecule has 0 aromatic heterocycles. The van der Waals surface area contributed by atoms with Crippen molar-refractivity contribution in [3.05, 3.63) is 35.9 Å². The zero-order valence-corrected chi connectivity index (χ0v) is 12.3. The summed E-state index contributed by atoms with van der Waals surface area (Å²) in [6.07, 6.45) is -4.10. The second-order valence-corrected chi connectivity index (χ2v) is 5.26. The van der Waals surface area contributed by atoms with Crippen LogP contribution < -0.4 is 0 Å². The van der Waals surface area contributed by atoms with Gasteiger partial charge in [-0.15, -0.1) is 0 Å². The molecule has 0 aliphatic heterocycles. The van der Waals surface area contributed by atoms with Gasteiger partial charge in [-0.1, -0.05) is 49.6 Å². The summed E-state index contributed by atoms with van der Waals surface area (Å²) < 4.78 is 66.5. The van der Waals surface area contributed by atoms with Crippen LogP contribution in [0.4, 0.5) is 22.0 Å². The summed E-state index contributed by atoms with van der Waals surface area (Å²) in [5.41, 5.74) is 1.08. The molecule has 0 aliphatic rings. The molecule has 1 aromatic rings. The lowest BCUT2D eigenvalue weighted by atomic mass is 10.1. The Morgan fingerprint density at radius 3 is 2.00 bits per heavy atom. The predicted molar refractivity (Wildman–Crippen MR) is 74.8 cm³/mol. The number of rotatable bonds is 10. The molecule has 0 N–H and O–H groups in total. The normalized spacial score (nSPS) is 12.6. The van der Waals surface area contributed by atoms with Crippen LogP contribution in [-0.4, -0.2) is 18.7 Å². The van der Waals surface area contributed by atoms with E-state index < -0.39 is 18.5 Å². The number of hydrogen-bond donors (Lipinski definition) is 0. The molecule has 0 saturated heterocycles. The number of benzene rings is 1. The Labute approximate surface area is 127 Å². The number of alkyl halides is 5. The van der Waals surface area contributed by atoms with Crippen LogP contribution in [0.25, 0.3) is 0 Å². The van der Waals surface area contributed by atoms with Crippen molar-refractivity contribution in [2.75, 3.05) is 6.61 Å². The minimum atomic E-state index is -5.43. The lowest BCUT2D eigenvalue weighted by Gasteiger charge is -2.19.